The van der Waals surface area contributed by atoms with Crippen LogP contribution < -0.4 is 9.46 Å². The third-order valence-corrected chi connectivity index (χ3v) is 5.31. The van der Waals surface area contributed by atoms with Gasteiger partial charge in [-0.25, -0.2) is 8.42 Å². The number of hydrogen-bond donors (Lipinski definition) is 1. The van der Waals surface area contributed by atoms with Crippen molar-refractivity contribution in [1.29, 1.82) is 0 Å². The highest BCUT2D eigenvalue weighted by Crippen LogP contribution is 2.15. The number of benzene rings is 2. The Morgan fingerprint density at radius 1 is 1.08 bits per heavy atom. The smallest absolute Gasteiger partial charge is 0.323 e. The summed E-state index contributed by atoms with van der Waals surface area (Å²) in [7, 11) is -2.31. The minimum absolute atomic E-state index is 0.0574. The molecule has 0 radical (unpaired) electrons. The van der Waals surface area contributed by atoms with Gasteiger partial charge in [-0.2, -0.15) is 4.72 Å². The fraction of sp³-hybridized carbons (Fsp3) is 0.316. The van der Waals surface area contributed by atoms with Crippen LogP contribution in [-0.2, 0) is 26.0 Å². The highest BCUT2D eigenvalue weighted by molar-refractivity contribution is 7.89. The van der Waals surface area contributed by atoms with E-state index in [0.29, 0.717) is 12.2 Å². The molecular formula is C19H23NO5S. The van der Waals surface area contributed by atoms with E-state index in [9.17, 15) is 13.2 Å². The highest BCUT2D eigenvalue weighted by atomic mass is 32.2. The van der Waals surface area contributed by atoms with Gasteiger partial charge in [0.15, 0.2) is 0 Å². The summed E-state index contributed by atoms with van der Waals surface area (Å²) in [5, 5.41) is 0. The van der Waals surface area contributed by atoms with Crippen molar-refractivity contribution in [1.82, 2.24) is 4.72 Å². The van der Waals surface area contributed by atoms with Crippen molar-refractivity contribution >= 4 is 16.0 Å². The van der Waals surface area contributed by atoms with Crippen molar-refractivity contribution < 1.29 is 22.7 Å². The van der Waals surface area contributed by atoms with E-state index >= 15 is 0 Å². The van der Waals surface area contributed by atoms with Gasteiger partial charge in [0.25, 0.3) is 0 Å². The van der Waals surface area contributed by atoms with E-state index in [1.165, 1.54) is 26.2 Å². The molecule has 0 aliphatic rings. The maximum Gasteiger partial charge on any atom is 0.323 e. The first-order valence-corrected chi connectivity index (χ1v) is 9.77. The van der Waals surface area contributed by atoms with Gasteiger partial charge in [-0.15, -0.1) is 0 Å². The van der Waals surface area contributed by atoms with E-state index in [-0.39, 0.29) is 11.5 Å². The molecule has 0 fully saturated rings. The third-order valence-electron chi connectivity index (χ3n) is 3.75. The Morgan fingerprint density at radius 3 is 2.35 bits per heavy atom. The van der Waals surface area contributed by atoms with Crippen LogP contribution in [0.3, 0.4) is 0 Å². The first-order chi connectivity index (χ1) is 12.4. The summed E-state index contributed by atoms with van der Waals surface area (Å²) in [6.45, 7) is 1.70. The summed E-state index contributed by atoms with van der Waals surface area (Å²) >= 11 is 0. The molecule has 0 saturated heterocycles. The standard InChI is InChI=1S/C19H23NO5S/c1-15(19(21)25-14-6-9-16-7-4-3-5-8-16)20-26(22,23)18-12-10-17(24-2)11-13-18/h3-5,7-8,10-13,15,20H,6,9,14H2,1-2H3/t15-/m0/s1. The molecule has 2 aromatic rings. The van der Waals surface area contributed by atoms with Gasteiger partial charge >= 0.3 is 5.97 Å². The summed E-state index contributed by atoms with van der Waals surface area (Å²) in [4.78, 5) is 12.1. The Bertz CT molecular complexity index is 804. The van der Waals surface area contributed by atoms with Crippen LogP contribution in [0.2, 0.25) is 0 Å². The van der Waals surface area contributed by atoms with Gasteiger partial charge in [-0.05, 0) is 49.6 Å². The normalized spacial score (nSPS) is 12.4. The Balaban J connectivity index is 1.81. The minimum atomic E-state index is -3.81. The Kier molecular flexibility index (Phi) is 7.17. The molecule has 1 atom stereocenters. The molecule has 2 rings (SSSR count). The Labute approximate surface area is 154 Å². The zero-order chi connectivity index (χ0) is 19.0. The van der Waals surface area contributed by atoms with Crippen LogP contribution in [0.15, 0.2) is 59.5 Å². The molecule has 0 heterocycles. The van der Waals surface area contributed by atoms with Crippen LogP contribution >= 0.6 is 0 Å². The van der Waals surface area contributed by atoms with Crippen molar-refractivity contribution in [3.63, 3.8) is 0 Å². The van der Waals surface area contributed by atoms with Crippen molar-refractivity contribution in [2.45, 2.75) is 30.7 Å². The number of sulfonamides is 1. The maximum atomic E-state index is 12.3. The molecule has 7 heteroatoms. The fourth-order valence-corrected chi connectivity index (χ4v) is 3.51. The second-order valence-electron chi connectivity index (χ2n) is 5.78. The lowest BCUT2D eigenvalue weighted by molar-refractivity contribution is -0.145. The SMILES string of the molecule is COc1ccc(S(=O)(=O)N[C@@H](C)C(=O)OCCCc2ccccc2)cc1. The predicted octanol–water partition coefficient (Wildman–Crippen LogP) is 2.54. The summed E-state index contributed by atoms with van der Waals surface area (Å²) in [6.07, 6.45) is 1.47. The number of nitrogens with one attached hydrogen (secondary N) is 1. The monoisotopic (exact) mass is 377 g/mol. The first kappa shape index (κ1) is 19.9. The number of methoxy groups -OCH3 is 1. The number of carbonyl (C=O) groups is 1. The molecule has 140 valence electrons. The van der Waals surface area contributed by atoms with Gasteiger partial charge < -0.3 is 9.47 Å². The molecule has 0 bridgehead atoms. The summed E-state index contributed by atoms with van der Waals surface area (Å²) in [5.74, 6) is -0.0510. The lowest BCUT2D eigenvalue weighted by Crippen LogP contribution is -2.39. The second kappa shape index (κ2) is 9.35. The maximum absolute atomic E-state index is 12.3. The molecule has 26 heavy (non-hydrogen) atoms. The van der Waals surface area contributed by atoms with E-state index in [2.05, 4.69) is 4.72 Å². The van der Waals surface area contributed by atoms with Crippen molar-refractivity contribution in [3.05, 3.63) is 60.2 Å². The molecule has 6 nitrogen and oxygen atoms in total. The number of hydrogen-bond acceptors (Lipinski definition) is 5. The van der Waals surface area contributed by atoms with Gasteiger partial charge in [0, 0.05) is 0 Å². The summed E-state index contributed by atoms with van der Waals surface area (Å²) in [5.41, 5.74) is 1.16. The van der Waals surface area contributed by atoms with Gasteiger partial charge in [-0.1, -0.05) is 30.3 Å². The van der Waals surface area contributed by atoms with Gasteiger partial charge in [0.05, 0.1) is 18.6 Å². The van der Waals surface area contributed by atoms with Crippen molar-refractivity contribution in [3.8, 4) is 5.75 Å². The van der Waals surface area contributed by atoms with Crippen LogP contribution in [0.4, 0.5) is 0 Å². The molecule has 0 amide bonds. The van der Waals surface area contributed by atoms with Crippen LogP contribution in [-0.4, -0.2) is 34.1 Å². The third kappa shape index (κ3) is 5.86. The zero-order valence-electron chi connectivity index (χ0n) is 14.8. The van der Waals surface area contributed by atoms with Crippen molar-refractivity contribution in [2.75, 3.05) is 13.7 Å². The lowest BCUT2D eigenvalue weighted by atomic mass is 10.1. The number of rotatable bonds is 9. The van der Waals surface area contributed by atoms with Crippen LogP contribution in [0, 0.1) is 0 Å². The van der Waals surface area contributed by atoms with Crippen LogP contribution in [0.5, 0.6) is 5.75 Å². The molecule has 0 unspecified atom stereocenters. The van der Waals surface area contributed by atoms with Gasteiger partial charge in [-0.3, -0.25) is 4.79 Å². The van der Waals surface area contributed by atoms with Gasteiger partial charge in [0.2, 0.25) is 10.0 Å². The highest BCUT2D eigenvalue weighted by Gasteiger charge is 2.23. The topological polar surface area (TPSA) is 81.7 Å². The first-order valence-electron chi connectivity index (χ1n) is 8.29. The van der Waals surface area contributed by atoms with E-state index in [1.807, 2.05) is 30.3 Å². The molecule has 0 aliphatic carbocycles. The number of ether oxygens (including phenoxy) is 2. The predicted molar refractivity (Wildman–Crippen MR) is 98.5 cm³/mol. The average Bonchev–Trinajstić information content (AvgIpc) is 2.65. The van der Waals surface area contributed by atoms with E-state index in [0.717, 1.165) is 12.0 Å². The Morgan fingerprint density at radius 2 is 1.73 bits per heavy atom. The molecule has 0 spiro atoms. The van der Waals surface area contributed by atoms with E-state index in [1.54, 1.807) is 12.1 Å². The molecule has 0 aromatic heterocycles. The van der Waals surface area contributed by atoms with Crippen molar-refractivity contribution in [2.24, 2.45) is 0 Å². The van der Waals surface area contributed by atoms with Crippen LogP contribution in [0.1, 0.15) is 18.9 Å². The molecule has 2 aromatic carbocycles. The number of aryl methyl sites for hydroxylation is 1. The molecule has 0 saturated carbocycles. The Hall–Kier alpha value is -2.38. The number of esters is 1. The largest absolute Gasteiger partial charge is 0.497 e. The summed E-state index contributed by atoms with van der Waals surface area (Å²) < 4.78 is 37.1. The lowest BCUT2D eigenvalue weighted by Gasteiger charge is -2.14. The average molecular weight is 377 g/mol. The van der Waals surface area contributed by atoms with E-state index in [4.69, 9.17) is 9.47 Å². The quantitative estimate of drug-likeness (QED) is 0.536. The van der Waals surface area contributed by atoms with Crippen LogP contribution in [0.25, 0.3) is 0 Å². The second-order valence-corrected chi connectivity index (χ2v) is 7.49. The van der Waals surface area contributed by atoms with Gasteiger partial charge in [0.1, 0.15) is 11.8 Å². The molecular weight excluding hydrogens is 354 g/mol. The zero-order valence-corrected chi connectivity index (χ0v) is 15.7. The molecule has 1 N–H and O–H groups in total. The number of carbonyl (C=O) groups excluding carboxylic acids is 1. The van der Waals surface area contributed by atoms with E-state index < -0.39 is 22.0 Å². The molecule has 0 aliphatic heterocycles. The fourth-order valence-electron chi connectivity index (χ4n) is 2.32. The summed E-state index contributed by atoms with van der Waals surface area (Å²) in [6, 6.07) is 14.8. The minimum Gasteiger partial charge on any atom is -0.497 e.